The van der Waals surface area contributed by atoms with Crippen molar-refractivity contribution in [2.45, 2.75) is 55.7 Å². The Morgan fingerprint density at radius 2 is 1.32 bits per heavy atom. The van der Waals surface area contributed by atoms with Gasteiger partial charge in [0.25, 0.3) is 0 Å². The second kappa shape index (κ2) is 14.7. The van der Waals surface area contributed by atoms with E-state index in [1.54, 1.807) is 24.3 Å². The molecule has 53 heavy (non-hydrogen) atoms. The summed E-state index contributed by atoms with van der Waals surface area (Å²) in [6, 6.07) is 15.1. The number of carbonyl (C=O) groups is 2. The third-order valence-electron chi connectivity index (χ3n) is 12.9. The number of esters is 1. The van der Waals surface area contributed by atoms with Crippen LogP contribution in [0, 0.1) is 23.7 Å². The molecule has 3 N–H and O–H groups in total. The Bertz CT molecular complexity index is 2040. The smallest absolute Gasteiger partial charge is 0.338 e. The first-order valence-electron chi connectivity index (χ1n) is 19.0. The molecule has 10 heteroatoms. The van der Waals surface area contributed by atoms with Crippen LogP contribution in [0.2, 0.25) is 0 Å². The Kier molecular flexibility index (Phi) is 9.89. The van der Waals surface area contributed by atoms with E-state index < -0.39 is 24.6 Å². The Labute approximate surface area is 309 Å². The molecule has 6 aliphatic heterocycles. The van der Waals surface area contributed by atoms with Crippen molar-refractivity contribution in [2.24, 2.45) is 23.7 Å². The van der Waals surface area contributed by atoms with E-state index in [1.807, 2.05) is 30.6 Å². The molecule has 0 aliphatic carbocycles. The Morgan fingerprint density at radius 3 is 1.77 bits per heavy atom. The molecule has 11 atom stereocenters. The molecule has 6 fully saturated rings. The van der Waals surface area contributed by atoms with E-state index in [4.69, 9.17) is 14.7 Å². The highest BCUT2D eigenvalue weighted by atomic mass is 16.5. The molecule has 0 spiro atoms. The second-order valence-electron chi connectivity index (χ2n) is 15.5. The zero-order valence-corrected chi connectivity index (χ0v) is 30.0. The van der Waals surface area contributed by atoms with Crippen LogP contribution in [-0.4, -0.2) is 105 Å². The van der Waals surface area contributed by atoms with Crippen LogP contribution in [0.5, 0.6) is 0 Å². The van der Waals surface area contributed by atoms with E-state index in [2.05, 4.69) is 41.2 Å². The lowest BCUT2D eigenvalue weighted by molar-refractivity contribution is -0.0281. The van der Waals surface area contributed by atoms with Gasteiger partial charge in [0.1, 0.15) is 12.7 Å². The molecule has 10 rings (SSSR count). The third-order valence-corrected chi connectivity index (χ3v) is 12.9. The monoisotopic (exact) mass is 716 g/mol. The molecular weight excluding hydrogens is 668 g/mol. The number of fused-ring (bicyclic) bond motifs is 8. The van der Waals surface area contributed by atoms with E-state index in [-0.39, 0.29) is 36.1 Å². The maximum absolute atomic E-state index is 13.9. The molecule has 2 aromatic carbocycles. The Balaban J connectivity index is 1.39. The molecule has 0 amide bonds. The number of carboxylic acid groups (broad SMARTS) is 1. The quantitative estimate of drug-likeness (QED) is 0.125. The van der Waals surface area contributed by atoms with Crippen molar-refractivity contribution >= 4 is 33.7 Å². The molecule has 276 valence electrons. The van der Waals surface area contributed by atoms with Gasteiger partial charge in [-0.1, -0.05) is 24.3 Å². The highest BCUT2D eigenvalue weighted by Gasteiger charge is 2.51. The van der Waals surface area contributed by atoms with Gasteiger partial charge in [-0.25, -0.2) is 9.59 Å². The fourth-order valence-electron chi connectivity index (χ4n) is 10.5. The zero-order valence-electron chi connectivity index (χ0n) is 30.0. The first-order valence-corrected chi connectivity index (χ1v) is 19.0. The first kappa shape index (κ1) is 35.5. The molecule has 6 saturated heterocycles. The third kappa shape index (κ3) is 6.35. The summed E-state index contributed by atoms with van der Waals surface area (Å²) >= 11 is 0. The van der Waals surface area contributed by atoms with Crippen LogP contribution in [0.1, 0.15) is 69.4 Å². The number of aromatic carboxylic acids is 1. The maximum Gasteiger partial charge on any atom is 0.338 e. The summed E-state index contributed by atoms with van der Waals surface area (Å²) in [7, 11) is 0. The van der Waals surface area contributed by atoms with Crippen molar-refractivity contribution in [3.63, 3.8) is 0 Å². The molecule has 10 nitrogen and oxygen atoms in total. The van der Waals surface area contributed by atoms with Crippen LogP contribution < -0.4 is 0 Å². The predicted molar refractivity (Wildman–Crippen MR) is 203 cm³/mol. The number of ether oxygens (including phenoxy) is 1. The van der Waals surface area contributed by atoms with Crippen LogP contribution in [0.15, 0.2) is 86.2 Å². The number of carbonyl (C=O) groups excluding carboxylic acids is 1. The first-order chi connectivity index (χ1) is 25.8. The molecule has 8 heterocycles. The van der Waals surface area contributed by atoms with Gasteiger partial charge in [0.05, 0.1) is 28.8 Å². The summed E-state index contributed by atoms with van der Waals surface area (Å²) in [5, 5.41) is 31.4. The molecule has 2 aromatic heterocycles. The highest BCUT2D eigenvalue weighted by molar-refractivity contribution is 6.06. The standard InChI is InChI=1S/C43H48N4O6/c1-3-25-21-46-17-13-27(25)19-36(46)40(30-11-15-44-34-9-5-7-32(38(30)34)42(50)51)41(37-20-28-14-18-47(37)22-26(28)4-2)31-12-16-45-35-10-6-8-33(39(31)35)43(52)53-24-29(49)23-48/h3-12,15-16,25-29,36-37,40-41,48-49H,1-2,13-14,17-24H2,(H,50,51). The minimum absolute atomic E-state index is 0.0814. The van der Waals surface area contributed by atoms with E-state index >= 15 is 0 Å². The van der Waals surface area contributed by atoms with Crippen molar-refractivity contribution in [1.29, 1.82) is 0 Å². The van der Waals surface area contributed by atoms with Crippen LogP contribution in [0.25, 0.3) is 21.8 Å². The number of hydrogen-bond donors (Lipinski definition) is 3. The fourth-order valence-corrected chi connectivity index (χ4v) is 10.5. The van der Waals surface area contributed by atoms with Crippen LogP contribution in [0.4, 0.5) is 0 Å². The summed E-state index contributed by atoms with van der Waals surface area (Å²) in [6.45, 7) is 11.2. The topological polar surface area (TPSA) is 136 Å². The lowest BCUT2D eigenvalue weighted by atomic mass is 9.62. The Hall–Kier alpha value is -4.48. The maximum atomic E-state index is 13.9. The van der Waals surface area contributed by atoms with Gasteiger partial charge in [0.15, 0.2) is 0 Å². The van der Waals surface area contributed by atoms with Gasteiger partial charge in [-0.3, -0.25) is 19.8 Å². The highest BCUT2D eigenvalue weighted by Crippen LogP contribution is 2.54. The van der Waals surface area contributed by atoms with Crippen molar-refractivity contribution in [3.05, 3.63) is 108 Å². The summed E-state index contributed by atoms with van der Waals surface area (Å²) < 4.78 is 5.58. The number of carboxylic acids is 1. The number of nitrogens with zero attached hydrogens (tertiary/aromatic N) is 4. The molecule has 0 saturated carbocycles. The van der Waals surface area contributed by atoms with Gasteiger partial charge in [-0.15, -0.1) is 13.2 Å². The second-order valence-corrected chi connectivity index (χ2v) is 15.5. The number of hydrogen-bond acceptors (Lipinski definition) is 9. The minimum Gasteiger partial charge on any atom is -0.478 e. The Morgan fingerprint density at radius 1 is 0.811 bits per heavy atom. The molecule has 11 unspecified atom stereocenters. The van der Waals surface area contributed by atoms with Gasteiger partial charge in [0, 0.05) is 60.2 Å². The van der Waals surface area contributed by atoms with Gasteiger partial charge in [0.2, 0.25) is 0 Å². The van der Waals surface area contributed by atoms with Crippen molar-refractivity contribution in [1.82, 2.24) is 19.8 Å². The molecule has 0 radical (unpaired) electrons. The zero-order chi connectivity index (χ0) is 36.8. The van der Waals surface area contributed by atoms with Gasteiger partial charge in [-0.05, 0) is 110 Å². The van der Waals surface area contributed by atoms with Gasteiger partial charge in [-0.2, -0.15) is 0 Å². The number of aliphatic hydroxyl groups is 2. The largest absolute Gasteiger partial charge is 0.478 e. The number of pyridine rings is 2. The summed E-state index contributed by atoms with van der Waals surface area (Å²) in [6.07, 6.45) is 10.7. The van der Waals surface area contributed by atoms with E-state index in [0.717, 1.165) is 63.0 Å². The van der Waals surface area contributed by atoms with Crippen molar-refractivity contribution in [2.75, 3.05) is 39.4 Å². The average molecular weight is 717 g/mol. The normalized spacial score (nSPS) is 29.4. The predicted octanol–water partition coefficient (Wildman–Crippen LogP) is 5.65. The van der Waals surface area contributed by atoms with Crippen molar-refractivity contribution in [3.8, 4) is 0 Å². The molecular formula is C43H48N4O6. The lowest BCUT2D eigenvalue weighted by Crippen LogP contribution is -2.59. The van der Waals surface area contributed by atoms with Crippen LogP contribution in [0.3, 0.4) is 0 Å². The summed E-state index contributed by atoms with van der Waals surface area (Å²) in [4.78, 5) is 41.5. The minimum atomic E-state index is -1.19. The van der Waals surface area contributed by atoms with Gasteiger partial charge < -0.3 is 20.1 Å². The SMILES string of the molecule is C=CC1CN2CCC1CC2C(c1ccnc2cccc(C(=O)O)c12)C(c1ccnc2cccc(C(=O)OCC(O)CO)c12)C1CC2CCN1CC2C=C. The van der Waals surface area contributed by atoms with Crippen LogP contribution >= 0.6 is 0 Å². The van der Waals surface area contributed by atoms with E-state index in [1.165, 1.54) is 0 Å². The van der Waals surface area contributed by atoms with Crippen LogP contribution in [-0.2, 0) is 4.74 Å². The van der Waals surface area contributed by atoms with E-state index in [9.17, 15) is 24.9 Å². The number of aromatic nitrogens is 2. The number of benzene rings is 2. The van der Waals surface area contributed by atoms with E-state index in [0.29, 0.717) is 51.0 Å². The molecule has 4 bridgehead atoms. The van der Waals surface area contributed by atoms with Gasteiger partial charge >= 0.3 is 11.9 Å². The molecule has 4 aromatic rings. The lowest BCUT2D eigenvalue weighted by Gasteiger charge is -2.57. The number of rotatable bonds is 12. The number of piperidine rings is 6. The number of aliphatic hydroxyl groups excluding tert-OH is 2. The fraction of sp³-hybridized carbons (Fsp3) is 0.442. The molecule has 6 aliphatic rings. The van der Waals surface area contributed by atoms with Crippen molar-refractivity contribution < 1.29 is 29.6 Å². The average Bonchev–Trinajstić information content (AvgIpc) is 3.21. The summed E-state index contributed by atoms with van der Waals surface area (Å²) in [5.41, 5.74) is 3.83. The summed E-state index contributed by atoms with van der Waals surface area (Å²) in [5.74, 6) is -0.235.